The van der Waals surface area contributed by atoms with Crippen LogP contribution < -0.4 is 10.6 Å². The average Bonchev–Trinajstić information content (AvgIpc) is 2.98. The number of hydrogen-bond acceptors (Lipinski definition) is 5. The van der Waals surface area contributed by atoms with Gasteiger partial charge in [-0.25, -0.2) is 0 Å². The van der Waals surface area contributed by atoms with E-state index in [2.05, 4.69) is 26.7 Å². The molecule has 1 amide bonds. The quantitative estimate of drug-likeness (QED) is 0.569. The molecule has 1 aliphatic rings. The molecule has 0 radical (unpaired) electrons. The smallest absolute Gasteiger partial charge is 0.255 e. The summed E-state index contributed by atoms with van der Waals surface area (Å²) >= 11 is 0. The molecular formula is C20H21N5O2. The minimum absolute atomic E-state index is 0.00371. The summed E-state index contributed by atoms with van der Waals surface area (Å²) < 4.78 is 0. The van der Waals surface area contributed by atoms with Crippen LogP contribution in [-0.2, 0) is 0 Å². The van der Waals surface area contributed by atoms with Crippen molar-refractivity contribution in [3.05, 3.63) is 35.5 Å². The number of nitrogens with one attached hydrogen (secondary N) is 3. The van der Waals surface area contributed by atoms with E-state index >= 15 is 0 Å². The molecule has 0 atom stereocenters. The maximum atomic E-state index is 12.8. The second-order valence-corrected chi connectivity index (χ2v) is 7.36. The van der Waals surface area contributed by atoms with Gasteiger partial charge in [-0.15, -0.1) is 0 Å². The number of hydrogen-bond donors (Lipinski definition) is 4. The van der Waals surface area contributed by atoms with E-state index in [4.69, 9.17) is 5.26 Å². The van der Waals surface area contributed by atoms with Gasteiger partial charge in [0.15, 0.2) is 0 Å². The Morgan fingerprint density at radius 3 is 2.85 bits per heavy atom. The van der Waals surface area contributed by atoms with Crippen LogP contribution in [0.1, 0.15) is 42.6 Å². The highest BCUT2D eigenvalue weighted by Crippen LogP contribution is 2.32. The number of carbonyl (C=O) groups excluding carboxylic acids is 1. The molecule has 7 nitrogen and oxygen atoms in total. The molecule has 0 saturated heterocycles. The van der Waals surface area contributed by atoms with Gasteiger partial charge in [0.1, 0.15) is 0 Å². The van der Waals surface area contributed by atoms with E-state index in [1.165, 1.54) is 0 Å². The maximum absolute atomic E-state index is 12.8. The number of aliphatic hydroxyl groups is 1. The van der Waals surface area contributed by atoms with E-state index in [1.807, 2.05) is 19.9 Å². The minimum Gasteiger partial charge on any atom is -0.393 e. The largest absolute Gasteiger partial charge is 0.393 e. The Bertz CT molecular complexity index is 1070. The summed E-state index contributed by atoms with van der Waals surface area (Å²) in [4.78, 5) is 20.6. The Hall–Kier alpha value is -3.11. The molecular weight excluding hydrogens is 342 g/mol. The first kappa shape index (κ1) is 17.3. The fourth-order valence-electron chi connectivity index (χ4n) is 3.48. The third-order valence-corrected chi connectivity index (χ3v) is 4.87. The maximum Gasteiger partial charge on any atom is 0.255 e. The SMILES string of the molecule is CC(C)Nc1c(C(=O)N[C@H]2C[C@@H](O)C2)cnc2c1[nH]c1cc(C#N)ccc12. The van der Waals surface area contributed by atoms with Crippen LogP contribution in [0, 0.1) is 11.3 Å². The molecule has 1 aliphatic carbocycles. The van der Waals surface area contributed by atoms with Gasteiger partial charge in [-0.2, -0.15) is 5.26 Å². The van der Waals surface area contributed by atoms with Crippen LogP contribution in [0.5, 0.6) is 0 Å². The number of aromatic nitrogens is 2. The van der Waals surface area contributed by atoms with Gasteiger partial charge in [-0.05, 0) is 44.9 Å². The standard InChI is InChI=1S/C20H21N5O2/c1-10(2)23-18-15(20(27)24-12-6-13(26)7-12)9-22-17-14-4-3-11(8-21)5-16(14)25-19(17)18/h3-5,9-10,12-13,25-26H,6-7H2,1-2H3,(H,22,23)(H,24,27)/t12-,13+. The Kier molecular flexibility index (Phi) is 4.21. The van der Waals surface area contributed by atoms with Crippen molar-refractivity contribution in [3.8, 4) is 6.07 Å². The number of nitriles is 1. The van der Waals surface area contributed by atoms with Crippen LogP contribution in [0.3, 0.4) is 0 Å². The van der Waals surface area contributed by atoms with E-state index in [-0.39, 0.29) is 24.1 Å². The van der Waals surface area contributed by atoms with Crippen LogP contribution in [0.25, 0.3) is 21.9 Å². The van der Waals surface area contributed by atoms with Gasteiger partial charge < -0.3 is 20.7 Å². The van der Waals surface area contributed by atoms with Gasteiger partial charge in [0.25, 0.3) is 5.91 Å². The van der Waals surface area contributed by atoms with Crippen molar-refractivity contribution >= 4 is 33.5 Å². The van der Waals surface area contributed by atoms with E-state index in [0.29, 0.717) is 29.7 Å². The molecule has 0 aliphatic heterocycles. The molecule has 2 aromatic heterocycles. The van der Waals surface area contributed by atoms with Crippen LogP contribution in [0.4, 0.5) is 5.69 Å². The summed E-state index contributed by atoms with van der Waals surface area (Å²) in [5, 5.41) is 25.8. The summed E-state index contributed by atoms with van der Waals surface area (Å²) in [6.45, 7) is 4.01. The van der Waals surface area contributed by atoms with Crippen molar-refractivity contribution in [2.24, 2.45) is 0 Å². The van der Waals surface area contributed by atoms with E-state index in [9.17, 15) is 9.90 Å². The first-order chi connectivity index (χ1) is 13.0. The number of benzene rings is 1. The molecule has 0 spiro atoms. The summed E-state index contributed by atoms with van der Waals surface area (Å²) in [6, 6.07) is 7.66. The fourth-order valence-corrected chi connectivity index (χ4v) is 3.48. The zero-order chi connectivity index (χ0) is 19.1. The minimum atomic E-state index is -0.327. The molecule has 3 aromatic rings. The van der Waals surface area contributed by atoms with Gasteiger partial charge >= 0.3 is 0 Å². The summed E-state index contributed by atoms with van der Waals surface area (Å²) in [5.74, 6) is -0.208. The highest BCUT2D eigenvalue weighted by Gasteiger charge is 2.30. The lowest BCUT2D eigenvalue weighted by molar-refractivity contribution is 0.0563. The van der Waals surface area contributed by atoms with Crippen molar-refractivity contribution < 1.29 is 9.90 Å². The molecule has 1 aromatic carbocycles. The number of aromatic amines is 1. The van der Waals surface area contributed by atoms with Gasteiger partial charge in [0, 0.05) is 29.2 Å². The van der Waals surface area contributed by atoms with Gasteiger partial charge in [0.2, 0.25) is 0 Å². The highest BCUT2D eigenvalue weighted by molar-refractivity contribution is 6.14. The molecule has 27 heavy (non-hydrogen) atoms. The lowest BCUT2D eigenvalue weighted by atomic mass is 9.89. The van der Waals surface area contributed by atoms with E-state index < -0.39 is 0 Å². The van der Waals surface area contributed by atoms with Crippen LogP contribution in [0.15, 0.2) is 24.4 Å². The molecule has 138 valence electrons. The molecule has 1 saturated carbocycles. The summed E-state index contributed by atoms with van der Waals surface area (Å²) in [5.41, 5.74) is 4.03. The summed E-state index contributed by atoms with van der Waals surface area (Å²) in [7, 11) is 0. The third kappa shape index (κ3) is 3.09. The second kappa shape index (κ2) is 6.56. The number of carbonyl (C=O) groups is 1. The molecule has 1 fully saturated rings. The van der Waals surface area contributed by atoms with Crippen molar-refractivity contribution in [3.63, 3.8) is 0 Å². The van der Waals surface area contributed by atoms with Crippen molar-refractivity contribution in [1.29, 1.82) is 5.26 Å². The number of rotatable bonds is 4. The number of H-pyrrole nitrogens is 1. The van der Waals surface area contributed by atoms with Crippen LogP contribution in [0.2, 0.25) is 0 Å². The highest BCUT2D eigenvalue weighted by atomic mass is 16.3. The van der Waals surface area contributed by atoms with Gasteiger partial charge in [-0.1, -0.05) is 0 Å². The number of pyridine rings is 1. The number of anilines is 1. The Morgan fingerprint density at radius 1 is 1.41 bits per heavy atom. The lowest BCUT2D eigenvalue weighted by Gasteiger charge is -2.32. The van der Waals surface area contributed by atoms with Gasteiger partial charge in [-0.3, -0.25) is 9.78 Å². The van der Waals surface area contributed by atoms with Crippen molar-refractivity contribution in [1.82, 2.24) is 15.3 Å². The number of fused-ring (bicyclic) bond motifs is 3. The van der Waals surface area contributed by atoms with Crippen LogP contribution >= 0.6 is 0 Å². The second-order valence-electron chi connectivity index (χ2n) is 7.36. The Morgan fingerprint density at radius 2 is 2.19 bits per heavy atom. The Labute approximate surface area is 156 Å². The lowest BCUT2D eigenvalue weighted by Crippen LogP contribution is -2.46. The average molecular weight is 363 g/mol. The summed E-state index contributed by atoms with van der Waals surface area (Å²) in [6.07, 6.45) is 2.42. The van der Waals surface area contributed by atoms with Gasteiger partial charge in [0.05, 0.1) is 40.0 Å². The third-order valence-electron chi connectivity index (χ3n) is 4.87. The van der Waals surface area contributed by atoms with E-state index in [1.54, 1.807) is 18.3 Å². The van der Waals surface area contributed by atoms with E-state index in [0.717, 1.165) is 21.9 Å². The molecule has 0 unspecified atom stereocenters. The fraction of sp³-hybridized carbons (Fsp3) is 0.350. The molecule has 0 bridgehead atoms. The number of aliphatic hydroxyl groups excluding tert-OH is 1. The van der Waals surface area contributed by atoms with Crippen molar-refractivity contribution in [2.75, 3.05) is 5.32 Å². The molecule has 4 rings (SSSR count). The molecule has 4 N–H and O–H groups in total. The predicted molar refractivity (Wildman–Crippen MR) is 104 cm³/mol. The predicted octanol–water partition coefficient (Wildman–Crippen LogP) is 2.66. The normalized spacial score (nSPS) is 19.1. The first-order valence-electron chi connectivity index (χ1n) is 9.06. The van der Waals surface area contributed by atoms with Crippen molar-refractivity contribution in [2.45, 2.75) is 44.9 Å². The first-order valence-corrected chi connectivity index (χ1v) is 9.06. The topological polar surface area (TPSA) is 114 Å². The zero-order valence-corrected chi connectivity index (χ0v) is 15.2. The monoisotopic (exact) mass is 363 g/mol. The number of amides is 1. The number of nitrogens with zero attached hydrogens (tertiary/aromatic N) is 2. The molecule has 2 heterocycles. The van der Waals surface area contributed by atoms with Crippen LogP contribution in [-0.4, -0.2) is 39.2 Å². The zero-order valence-electron chi connectivity index (χ0n) is 15.2. The Balaban J connectivity index is 1.82. The molecule has 7 heteroatoms.